The molecule has 2 heterocycles. The molecule has 1 saturated heterocycles. The standard InChI is InChI=1S/C14H16N2/c1-2-4-13-9(3-1)10-5-6-12-11(7-8-15-12)14(10)16-13/h1-4,9-10,12,15H,5-8H2. The van der Waals surface area contributed by atoms with Gasteiger partial charge in [0.05, 0.1) is 0 Å². The Kier molecular flexibility index (Phi) is 1.77. The highest BCUT2D eigenvalue weighted by Gasteiger charge is 2.40. The van der Waals surface area contributed by atoms with E-state index in [0.29, 0.717) is 17.9 Å². The second-order valence-electron chi connectivity index (χ2n) is 5.16. The van der Waals surface area contributed by atoms with Crippen molar-refractivity contribution in [2.45, 2.75) is 25.3 Å². The number of hydrogen-bond donors (Lipinski definition) is 1. The lowest BCUT2D eigenvalue weighted by Gasteiger charge is -2.28. The van der Waals surface area contributed by atoms with Crippen molar-refractivity contribution >= 4 is 5.71 Å². The summed E-state index contributed by atoms with van der Waals surface area (Å²) in [5.74, 6) is 1.26. The highest BCUT2D eigenvalue weighted by Crippen LogP contribution is 2.44. The maximum absolute atomic E-state index is 4.89. The summed E-state index contributed by atoms with van der Waals surface area (Å²) in [4.78, 5) is 4.89. The summed E-state index contributed by atoms with van der Waals surface area (Å²) in [5, 5.41) is 3.59. The van der Waals surface area contributed by atoms with Crippen LogP contribution in [0, 0.1) is 11.8 Å². The fourth-order valence-corrected chi connectivity index (χ4v) is 3.63. The number of fused-ring (bicyclic) bond motifs is 4. The Balaban J connectivity index is 1.83. The van der Waals surface area contributed by atoms with Crippen LogP contribution in [0.25, 0.3) is 0 Å². The zero-order valence-electron chi connectivity index (χ0n) is 9.32. The summed E-state index contributed by atoms with van der Waals surface area (Å²) < 4.78 is 0. The normalized spacial score (nSPS) is 39.5. The van der Waals surface area contributed by atoms with Gasteiger partial charge in [0, 0.05) is 29.3 Å². The van der Waals surface area contributed by atoms with E-state index in [-0.39, 0.29) is 0 Å². The van der Waals surface area contributed by atoms with Gasteiger partial charge >= 0.3 is 0 Å². The zero-order chi connectivity index (χ0) is 10.5. The first-order valence-electron chi connectivity index (χ1n) is 6.33. The summed E-state index contributed by atoms with van der Waals surface area (Å²) in [6.07, 6.45) is 12.6. The molecule has 2 nitrogen and oxygen atoms in total. The first-order chi connectivity index (χ1) is 7.93. The minimum Gasteiger partial charge on any atom is -0.310 e. The van der Waals surface area contributed by atoms with Gasteiger partial charge in [-0.05, 0) is 37.5 Å². The lowest BCUT2D eigenvalue weighted by molar-refractivity contribution is 0.434. The van der Waals surface area contributed by atoms with Crippen LogP contribution in [-0.2, 0) is 0 Å². The van der Waals surface area contributed by atoms with Crippen molar-refractivity contribution in [3.05, 3.63) is 35.6 Å². The maximum atomic E-state index is 4.89. The van der Waals surface area contributed by atoms with Crippen molar-refractivity contribution in [3.8, 4) is 0 Å². The smallest absolute Gasteiger partial charge is 0.0482 e. The third-order valence-corrected chi connectivity index (χ3v) is 4.37. The van der Waals surface area contributed by atoms with Crippen LogP contribution in [0.3, 0.4) is 0 Å². The third-order valence-electron chi connectivity index (χ3n) is 4.37. The molecule has 1 N–H and O–H groups in total. The Morgan fingerprint density at radius 1 is 1.25 bits per heavy atom. The van der Waals surface area contributed by atoms with E-state index in [1.165, 1.54) is 30.7 Å². The molecule has 4 rings (SSSR count). The zero-order valence-corrected chi connectivity index (χ0v) is 9.32. The van der Waals surface area contributed by atoms with Crippen LogP contribution in [0.4, 0.5) is 0 Å². The fourth-order valence-electron chi connectivity index (χ4n) is 3.63. The molecule has 82 valence electrons. The fraction of sp³-hybridized carbons (Fsp3) is 0.500. The Bertz CT molecular complexity index is 453. The lowest BCUT2D eigenvalue weighted by Crippen LogP contribution is -2.29. The first-order valence-corrected chi connectivity index (χ1v) is 6.33. The molecule has 2 heteroatoms. The van der Waals surface area contributed by atoms with Gasteiger partial charge in [-0.3, -0.25) is 4.99 Å². The number of allylic oxidation sites excluding steroid dienone is 5. The monoisotopic (exact) mass is 212 g/mol. The van der Waals surface area contributed by atoms with Crippen molar-refractivity contribution < 1.29 is 0 Å². The Morgan fingerprint density at radius 3 is 3.25 bits per heavy atom. The van der Waals surface area contributed by atoms with E-state index < -0.39 is 0 Å². The molecule has 4 aliphatic rings. The van der Waals surface area contributed by atoms with Gasteiger partial charge in [-0.1, -0.05) is 18.2 Å². The van der Waals surface area contributed by atoms with Crippen LogP contribution in [0.15, 0.2) is 40.6 Å². The van der Waals surface area contributed by atoms with Crippen LogP contribution in [0.2, 0.25) is 0 Å². The number of aliphatic imine (C=N–C) groups is 1. The van der Waals surface area contributed by atoms with Gasteiger partial charge in [0.25, 0.3) is 0 Å². The van der Waals surface area contributed by atoms with Gasteiger partial charge < -0.3 is 5.32 Å². The molecule has 0 aromatic carbocycles. The molecular weight excluding hydrogens is 196 g/mol. The predicted molar refractivity (Wildman–Crippen MR) is 65.4 cm³/mol. The summed E-state index contributed by atoms with van der Waals surface area (Å²) in [6.45, 7) is 1.15. The van der Waals surface area contributed by atoms with Gasteiger partial charge in [0.2, 0.25) is 0 Å². The molecule has 0 radical (unpaired) electrons. The highest BCUT2D eigenvalue weighted by atomic mass is 15.0. The number of rotatable bonds is 0. The van der Waals surface area contributed by atoms with Crippen molar-refractivity contribution in [3.63, 3.8) is 0 Å². The second-order valence-corrected chi connectivity index (χ2v) is 5.16. The van der Waals surface area contributed by atoms with Crippen LogP contribution in [0.1, 0.15) is 19.3 Å². The SMILES string of the molecule is C1=CC2=NC3=C4CCNC4CCC3C2C=C1. The molecule has 0 saturated carbocycles. The Hall–Kier alpha value is -1.15. The third kappa shape index (κ3) is 1.08. The largest absolute Gasteiger partial charge is 0.310 e. The van der Waals surface area contributed by atoms with E-state index in [1.54, 1.807) is 5.57 Å². The van der Waals surface area contributed by atoms with Gasteiger partial charge in [-0.15, -0.1) is 0 Å². The van der Waals surface area contributed by atoms with Crippen LogP contribution in [0.5, 0.6) is 0 Å². The molecule has 0 bridgehead atoms. The molecule has 0 amide bonds. The highest BCUT2D eigenvalue weighted by molar-refractivity contribution is 6.02. The van der Waals surface area contributed by atoms with E-state index in [4.69, 9.17) is 4.99 Å². The topological polar surface area (TPSA) is 24.4 Å². The molecule has 0 aromatic rings. The minimum atomic E-state index is 0.578. The van der Waals surface area contributed by atoms with E-state index in [1.807, 2.05) is 0 Å². The first kappa shape index (κ1) is 8.94. The van der Waals surface area contributed by atoms with E-state index in [0.717, 1.165) is 6.54 Å². The van der Waals surface area contributed by atoms with Gasteiger partial charge in [-0.2, -0.15) is 0 Å². The molecule has 2 aliphatic heterocycles. The van der Waals surface area contributed by atoms with E-state index in [2.05, 4.69) is 29.6 Å². The van der Waals surface area contributed by atoms with E-state index >= 15 is 0 Å². The summed E-state index contributed by atoms with van der Waals surface area (Å²) in [6, 6.07) is 0.642. The molecular formula is C14H16N2. The quantitative estimate of drug-likeness (QED) is 0.654. The average molecular weight is 212 g/mol. The summed E-state index contributed by atoms with van der Waals surface area (Å²) in [7, 11) is 0. The molecule has 2 aliphatic carbocycles. The van der Waals surface area contributed by atoms with Crippen LogP contribution in [-0.4, -0.2) is 18.3 Å². The second kappa shape index (κ2) is 3.17. The number of nitrogens with zero attached hydrogens (tertiary/aromatic N) is 1. The minimum absolute atomic E-state index is 0.578. The summed E-state index contributed by atoms with van der Waals surface area (Å²) >= 11 is 0. The van der Waals surface area contributed by atoms with E-state index in [9.17, 15) is 0 Å². The van der Waals surface area contributed by atoms with Crippen molar-refractivity contribution in [2.75, 3.05) is 6.54 Å². The molecule has 1 fully saturated rings. The molecule has 0 spiro atoms. The van der Waals surface area contributed by atoms with Crippen molar-refractivity contribution in [1.29, 1.82) is 0 Å². The number of nitrogens with one attached hydrogen (secondary N) is 1. The van der Waals surface area contributed by atoms with Gasteiger partial charge in [0.1, 0.15) is 0 Å². The predicted octanol–water partition coefficient (Wildman–Crippen LogP) is 2.21. The van der Waals surface area contributed by atoms with Crippen LogP contribution >= 0.6 is 0 Å². The average Bonchev–Trinajstić information content (AvgIpc) is 2.92. The van der Waals surface area contributed by atoms with Crippen LogP contribution < -0.4 is 5.32 Å². The molecule has 3 unspecified atom stereocenters. The molecule has 0 aromatic heterocycles. The lowest BCUT2D eigenvalue weighted by atomic mass is 9.77. The maximum Gasteiger partial charge on any atom is 0.0482 e. The van der Waals surface area contributed by atoms with Crippen molar-refractivity contribution in [1.82, 2.24) is 5.32 Å². The molecule has 16 heavy (non-hydrogen) atoms. The van der Waals surface area contributed by atoms with Crippen molar-refractivity contribution in [2.24, 2.45) is 16.8 Å². The molecule has 3 atom stereocenters. The van der Waals surface area contributed by atoms with Gasteiger partial charge in [-0.25, -0.2) is 0 Å². The Labute approximate surface area is 95.8 Å². The van der Waals surface area contributed by atoms with Gasteiger partial charge in [0.15, 0.2) is 0 Å². The Morgan fingerprint density at radius 2 is 2.25 bits per heavy atom. The summed E-state index contributed by atoms with van der Waals surface area (Å²) in [5.41, 5.74) is 4.33. The number of hydrogen-bond acceptors (Lipinski definition) is 2.